The SMILES string of the molecule is CCNC1CCN(c2ccc(C3(NC(C)C)CC3)cc2)C1. The van der Waals surface area contributed by atoms with Gasteiger partial charge in [-0.1, -0.05) is 32.9 Å². The van der Waals surface area contributed by atoms with E-state index >= 15 is 0 Å². The molecule has 1 saturated carbocycles. The second-order valence-electron chi connectivity index (χ2n) is 6.92. The maximum atomic E-state index is 3.74. The summed E-state index contributed by atoms with van der Waals surface area (Å²) >= 11 is 0. The first-order valence-electron chi connectivity index (χ1n) is 8.49. The van der Waals surface area contributed by atoms with Crippen molar-refractivity contribution in [2.45, 2.75) is 57.7 Å². The molecule has 1 aromatic carbocycles. The first-order valence-corrected chi connectivity index (χ1v) is 8.49. The predicted octanol–water partition coefficient (Wildman–Crippen LogP) is 2.86. The van der Waals surface area contributed by atoms with Crippen LogP contribution in [0.15, 0.2) is 24.3 Å². The Bertz CT molecular complexity index is 462. The average molecular weight is 287 g/mol. The Morgan fingerprint density at radius 1 is 1.24 bits per heavy atom. The molecular weight excluding hydrogens is 258 g/mol. The van der Waals surface area contributed by atoms with Crippen molar-refractivity contribution < 1.29 is 0 Å². The fourth-order valence-electron chi connectivity index (χ4n) is 3.64. The largest absolute Gasteiger partial charge is 0.370 e. The van der Waals surface area contributed by atoms with Crippen LogP contribution in [0.5, 0.6) is 0 Å². The van der Waals surface area contributed by atoms with E-state index in [2.05, 4.69) is 60.6 Å². The van der Waals surface area contributed by atoms with Crippen LogP contribution in [0.4, 0.5) is 5.69 Å². The van der Waals surface area contributed by atoms with Gasteiger partial charge in [0, 0.05) is 36.4 Å². The molecule has 0 radical (unpaired) electrons. The summed E-state index contributed by atoms with van der Waals surface area (Å²) in [6, 6.07) is 10.5. The van der Waals surface area contributed by atoms with Crippen LogP contribution in [0.2, 0.25) is 0 Å². The van der Waals surface area contributed by atoms with E-state index in [-0.39, 0.29) is 5.54 Å². The van der Waals surface area contributed by atoms with Gasteiger partial charge in [-0.25, -0.2) is 0 Å². The molecule has 0 aromatic heterocycles. The third-order valence-corrected chi connectivity index (χ3v) is 4.78. The molecule has 1 heterocycles. The topological polar surface area (TPSA) is 27.3 Å². The molecular formula is C18H29N3. The van der Waals surface area contributed by atoms with Gasteiger partial charge in [-0.05, 0) is 43.5 Å². The lowest BCUT2D eigenvalue weighted by Crippen LogP contribution is -2.34. The monoisotopic (exact) mass is 287 g/mol. The van der Waals surface area contributed by atoms with Gasteiger partial charge in [0.2, 0.25) is 0 Å². The van der Waals surface area contributed by atoms with Crippen LogP contribution >= 0.6 is 0 Å². The van der Waals surface area contributed by atoms with E-state index in [9.17, 15) is 0 Å². The first-order chi connectivity index (χ1) is 10.1. The van der Waals surface area contributed by atoms with E-state index in [4.69, 9.17) is 0 Å². The summed E-state index contributed by atoms with van der Waals surface area (Å²) in [7, 11) is 0. The normalized spacial score (nSPS) is 23.8. The summed E-state index contributed by atoms with van der Waals surface area (Å²) in [6.07, 6.45) is 3.81. The molecule has 2 aliphatic rings. The summed E-state index contributed by atoms with van der Waals surface area (Å²) in [4.78, 5) is 2.51. The first kappa shape index (κ1) is 14.9. The zero-order valence-electron chi connectivity index (χ0n) is 13.7. The molecule has 1 aliphatic carbocycles. The van der Waals surface area contributed by atoms with E-state index in [0.717, 1.165) is 13.1 Å². The molecule has 1 atom stereocenters. The fourth-order valence-corrected chi connectivity index (χ4v) is 3.64. The number of hydrogen-bond donors (Lipinski definition) is 2. The summed E-state index contributed by atoms with van der Waals surface area (Å²) in [5.74, 6) is 0. The minimum Gasteiger partial charge on any atom is -0.370 e. The van der Waals surface area contributed by atoms with Crippen molar-refractivity contribution in [3.05, 3.63) is 29.8 Å². The molecule has 3 nitrogen and oxygen atoms in total. The van der Waals surface area contributed by atoms with Crippen LogP contribution < -0.4 is 15.5 Å². The lowest BCUT2D eigenvalue weighted by molar-refractivity contribution is 0.461. The van der Waals surface area contributed by atoms with Crippen molar-refractivity contribution >= 4 is 5.69 Å². The van der Waals surface area contributed by atoms with Crippen LogP contribution in [0.1, 0.15) is 45.6 Å². The van der Waals surface area contributed by atoms with Gasteiger partial charge in [-0.3, -0.25) is 0 Å². The lowest BCUT2D eigenvalue weighted by Gasteiger charge is -2.23. The van der Waals surface area contributed by atoms with Crippen LogP contribution in [0, 0.1) is 0 Å². The van der Waals surface area contributed by atoms with E-state index < -0.39 is 0 Å². The minimum absolute atomic E-state index is 0.268. The van der Waals surface area contributed by atoms with Crippen molar-refractivity contribution in [1.29, 1.82) is 0 Å². The Balaban J connectivity index is 1.65. The quantitative estimate of drug-likeness (QED) is 0.842. The number of hydrogen-bond acceptors (Lipinski definition) is 3. The van der Waals surface area contributed by atoms with Crippen molar-refractivity contribution in [1.82, 2.24) is 10.6 Å². The molecule has 1 aromatic rings. The van der Waals surface area contributed by atoms with Crippen molar-refractivity contribution in [2.75, 3.05) is 24.5 Å². The molecule has 3 heteroatoms. The highest BCUT2D eigenvalue weighted by molar-refractivity contribution is 5.50. The van der Waals surface area contributed by atoms with Crippen LogP contribution in [-0.2, 0) is 5.54 Å². The molecule has 0 spiro atoms. The van der Waals surface area contributed by atoms with Gasteiger partial charge in [0.1, 0.15) is 0 Å². The van der Waals surface area contributed by atoms with E-state index in [0.29, 0.717) is 12.1 Å². The predicted molar refractivity (Wildman–Crippen MR) is 89.9 cm³/mol. The second-order valence-corrected chi connectivity index (χ2v) is 6.92. The zero-order valence-corrected chi connectivity index (χ0v) is 13.7. The summed E-state index contributed by atoms with van der Waals surface area (Å²) in [6.45, 7) is 10.0. The minimum atomic E-state index is 0.268. The van der Waals surface area contributed by atoms with E-state index in [1.807, 2.05) is 0 Å². The van der Waals surface area contributed by atoms with Crippen molar-refractivity contribution in [3.63, 3.8) is 0 Å². The summed E-state index contributed by atoms with van der Waals surface area (Å²) < 4.78 is 0. The highest BCUT2D eigenvalue weighted by Gasteiger charge is 2.44. The highest BCUT2D eigenvalue weighted by atomic mass is 15.2. The molecule has 3 rings (SSSR count). The van der Waals surface area contributed by atoms with E-state index in [1.54, 1.807) is 0 Å². The zero-order chi connectivity index (χ0) is 14.9. The molecule has 0 amide bonds. The number of benzene rings is 1. The summed E-state index contributed by atoms with van der Waals surface area (Å²) in [5, 5.41) is 7.30. The summed E-state index contributed by atoms with van der Waals surface area (Å²) in [5.41, 5.74) is 3.10. The number of rotatable bonds is 6. The van der Waals surface area contributed by atoms with Gasteiger partial charge in [0.15, 0.2) is 0 Å². The second kappa shape index (κ2) is 5.98. The third-order valence-electron chi connectivity index (χ3n) is 4.78. The van der Waals surface area contributed by atoms with Crippen LogP contribution in [0.25, 0.3) is 0 Å². The van der Waals surface area contributed by atoms with Crippen molar-refractivity contribution in [3.8, 4) is 0 Å². The third kappa shape index (κ3) is 3.24. The Kier molecular flexibility index (Phi) is 4.23. The maximum Gasteiger partial charge on any atom is 0.0438 e. The van der Waals surface area contributed by atoms with Gasteiger partial charge < -0.3 is 15.5 Å². The van der Waals surface area contributed by atoms with E-state index in [1.165, 1.54) is 37.1 Å². The molecule has 1 aliphatic heterocycles. The Labute approximate surface area is 129 Å². The molecule has 2 fully saturated rings. The van der Waals surface area contributed by atoms with Gasteiger partial charge in [0.25, 0.3) is 0 Å². The number of likely N-dealkylation sites (N-methyl/N-ethyl adjacent to an activating group) is 1. The number of anilines is 1. The van der Waals surface area contributed by atoms with Gasteiger partial charge in [-0.15, -0.1) is 0 Å². The molecule has 21 heavy (non-hydrogen) atoms. The molecule has 2 N–H and O–H groups in total. The molecule has 1 saturated heterocycles. The lowest BCUT2D eigenvalue weighted by atomic mass is 10.0. The Morgan fingerprint density at radius 3 is 2.52 bits per heavy atom. The van der Waals surface area contributed by atoms with Gasteiger partial charge in [0.05, 0.1) is 0 Å². The Hall–Kier alpha value is -1.06. The maximum absolute atomic E-state index is 3.74. The van der Waals surface area contributed by atoms with Crippen LogP contribution in [0.3, 0.4) is 0 Å². The highest BCUT2D eigenvalue weighted by Crippen LogP contribution is 2.46. The number of nitrogens with one attached hydrogen (secondary N) is 2. The molecule has 0 bridgehead atoms. The fraction of sp³-hybridized carbons (Fsp3) is 0.667. The van der Waals surface area contributed by atoms with Crippen LogP contribution in [-0.4, -0.2) is 31.7 Å². The standard InChI is InChI=1S/C18H29N3/c1-4-19-16-9-12-21(13-16)17-7-5-15(6-8-17)18(10-11-18)20-14(2)3/h5-8,14,16,19-20H,4,9-13H2,1-3H3. The van der Waals surface area contributed by atoms with Gasteiger partial charge in [-0.2, -0.15) is 0 Å². The van der Waals surface area contributed by atoms with Crippen molar-refractivity contribution in [2.24, 2.45) is 0 Å². The van der Waals surface area contributed by atoms with Gasteiger partial charge >= 0.3 is 0 Å². The molecule has 1 unspecified atom stereocenters. The average Bonchev–Trinajstić information content (AvgIpc) is 3.08. The molecule has 116 valence electrons. The number of nitrogens with zero attached hydrogens (tertiary/aromatic N) is 1. The Morgan fingerprint density at radius 2 is 1.95 bits per heavy atom. The smallest absolute Gasteiger partial charge is 0.0438 e.